The van der Waals surface area contributed by atoms with E-state index in [0.29, 0.717) is 5.02 Å². The molecule has 4 N–H and O–H groups in total. The molecule has 0 atom stereocenters. The van der Waals surface area contributed by atoms with E-state index in [1.165, 1.54) is 0 Å². The average Bonchev–Trinajstić information content (AvgIpc) is 2.25. The second-order valence-corrected chi connectivity index (χ2v) is 3.78. The third-order valence-electron chi connectivity index (χ3n) is 1.98. The molecule has 0 spiro atoms. The summed E-state index contributed by atoms with van der Waals surface area (Å²) >= 11 is 5.81. The number of nitrogens with zero attached hydrogens (tertiary/aromatic N) is 1. The lowest BCUT2D eigenvalue weighted by molar-refractivity contribution is 0.938. The highest BCUT2D eigenvalue weighted by Gasteiger charge is 2.02. The molecule has 17 heavy (non-hydrogen) atoms. The van der Waals surface area contributed by atoms with Crippen LogP contribution in [0.1, 0.15) is 25.3 Å². The lowest BCUT2D eigenvalue weighted by Crippen LogP contribution is -2.27. The van der Waals surface area contributed by atoms with Gasteiger partial charge in [0, 0.05) is 5.02 Å². The Morgan fingerprint density at radius 3 is 2.47 bits per heavy atom. The summed E-state index contributed by atoms with van der Waals surface area (Å²) in [4.78, 5) is 0. The number of rotatable bonds is 4. The minimum atomic E-state index is -0.164. The van der Waals surface area contributed by atoms with E-state index in [1.54, 1.807) is 0 Å². The Hall–Kier alpha value is -1.26. The molecule has 1 aromatic carbocycles. The van der Waals surface area contributed by atoms with Gasteiger partial charge in [-0.3, -0.25) is 5.41 Å². The van der Waals surface area contributed by atoms with E-state index < -0.39 is 0 Å². The van der Waals surface area contributed by atoms with Gasteiger partial charge in [0.05, 0.1) is 5.71 Å². The summed E-state index contributed by atoms with van der Waals surface area (Å²) in [6, 6.07) is 7.43. The van der Waals surface area contributed by atoms with Crippen molar-refractivity contribution in [2.75, 3.05) is 0 Å². The quantitative estimate of drug-likeness (QED) is 0.449. The summed E-state index contributed by atoms with van der Waals surface area (Å²) in [5, 5.41) is 11.8. The van der Waals surface area contributed by atoms with E-state index in [0.717, 1.165) is 24.1 Å². The Morgan fingerprint density at radius 1 is 1.41 bits per heavy atom. The number of halogens is 2. The lowest BCUT2D eigenvalue weighted by atomic mass is 10.1. The monoisotopic (exact) mass is 274 g/mol. The lowest BCUT2D eigenvalue weighted by Gasteiger charge is -2.06. The van der Waals surface area contributed by atoms with Crippen LogP contribution in [0.4, 0.5) is 0 Å². The summed E-state index contributed by atoms with van der Waals surface area (Å²) in [6.45, 7) is 2.07. The first-order valence-corrected chi connectivity index (χ1v) is 5.43. The largest absolute Gasteiger partial charge is 0.369 e. The first-order valence-electron chi connectivity index (χ1n) is 5.06. The maximum atomic E-state index is 7.05. The first kappa shape index (κ1) is 15.7. The Labute approximate surface area is 112 Å². The fourth-order valence-corrected chi connectivity index (χ4v) is 1.40. The normalized spacial score (nSPS) is 10.6. The fourth-order valence-electron chi connectivity index (χ4n) is 1.27. The zero-order chi connectivity index (χ0) is 12.0. The molecular weight excluding hydrogens is 259 g/mol. The summed E-state index contributed by atoms with van der Waals surface area (Å²) < 4.78 is 0. The molecule has 0 saturated heterocycles. The highest BCUT2D eigenvalue weighted by atomic mass is 35.5. The van der Waals surface area contributed by atoms with E-state index in [4.69, 9.17) is 22.7 Å². The van der Waals surface area contributed by atoms with Gasteiger partial charge in [0.2, 0.25) is 5.96 Å². The van der Waals surface area contributed by atoms with E-state index in [-0.39, 0.29) is 18.4 Å². The number of benzene rings is 1. The highest BCUT2D eigenvalue weighted by molar-refractivity contribution is 6.30. The molecule has 0 aliphatic rings. The minimum Gasteiger partial charge on any atom is -0.369 e. The van der Waals surface area contributed by atoms with Crippen LogP contribution in [0, 0.1) is 5.41 Å². The molecule has 0 unspecified atom stereocenters. The molecule has 0 radical (unpaired) electrons. The molecule has 1 aromatic rings. The molecule has 0 aromatic heterocycles. The van der Waals surface area contributed by atoms with Crippen LogP contribution < -0.4 is 11.2 Å². The maximum absolute atomic E-state index is 7.05. The summed E-state index contributed by atoms with van der Waals surface area (Å²) in [6.07, 6.45) is 1.79. The van der Waals surface area contributed by atoms with Crippen LogP contribution in [-0.4, -0.2) is 11.7 Å². The smallest absolute Gasteiger partial charge is 0.206 e. The Kier molecular flexibility index (Phi) is 7.34. The molecule has 0 saturated carbocycles. The number of hydrazone groups is 1. The van der Waals surface area contributed by atoms with Gasteiger partial charge in [0.25, 0.3) is 0 Å². The standard InChI is InChI=1S/C11H15ClN4.ClH/c1-2-3-10(15-16-11(13)14)8-4-6-9(12)7-5-8;/h4-7H,2-3H2,1H3,(H4,13,14,16);1H/b15-10-;. The molecule has 0 aliphatic heterocycles. The van der Waals surface area contributed by atoms with E-state index in [2.05, 4.69) is 17.5 Å². The van der Waals surface area contributed by atoms with Crippen molar-refractivity contribution in [3.05, 3.63) is 34.9 Å². The number of nitrogens with one attached hydrogen (secondary N) is 2. The second kappa shape index (κ2) is 7.92. The van der Waals surface area contributed by atoms with E-state index >= 15 is 0 Å². The van der Waals surface area contributed by atoms with Crippen LogP contribution in [-0.2, 0) is 0 Å². The molecule has 0 bridgehead atoms. The highest BCUT2D eigenvalue weighted by Crippen LogP contribution is 2.12. The summed E-state index contributed by atoms with van der Waals surface area (Å²) in [5.74, 6) is -0.164. The predicted molar refractivity (Wildman–Crippen MR) is 75.2 cm³/mol. The average molecular weight is 275 g/mol. The van der Waals surface area contributed by atoms with Gasteiger partial charge in [0.1, 0.15) is 0 Å². The van der Waals surface area contributed by atoms with Crippen LogP contribution in [0.2, 0.25) is 5.02 Å². The van der Waals surface area contributed by atoms with Crippen molar-refractivity contribution >= 4 is 35.7 Å². The fraction of sp³-hybridized carbons (Fsp3) is 0.273. The van der Waals surface area contributed by atoms with E-state index in [1.807, 2.05) is 24.3 Å². The van der Waals surface area contributed by atoms with Crippen molar-refractivity contribution in [1.29, 1.82) is 5.41 Å². The molecule has 0 heterocycles. The third kappa shape index (κ3) is 5.56. The van der Waals surface area contributed by atoms with Crippen molar-refractivity contribution in [3.8, 4) is 0 Å². The van der Waals surface area contributed by atoms with Crippen molar-refractivity contribution in [1.82, 2.24) is 5.43 Å². The van der Waals surface area contributed by atoms with E-state index in [9.17, 15) is 0 Å². The van der Waals surface area contributed by atoms with Gasteiger partial charge in [-0.15, -0.1) is 12.4 Å². The zero-order valence-electron chi connectivity index (χ0n) is 9.53. The van der Waals surface area contributed by atoms with Crippen LogP contribution in [0.5, 0.6) is 0 Å². The SMILES string of the molecule is CCC/C(=N/NC(=N)N)c1ccc(Cl)cc1.Cl. The van der Waals surface area contributed by atoms with Crippen molar-refractivity contribution in [3.63, 3.8) is 0 Å². The molecular formula is C11H16Cl2N4. The number of hydrogen-bond donors (Lipinski definition) is 3. The maximum Gasteiger partial charge on any atom is 0.206 e. The Morgan fingerprint density at radius 2 is 2.00 bits per heavy atom. The summed E-state index contributed by atoms with van der Waals surface area (Å²) in [5.41, 5.74) is 9.50. The molecule has 0 amide bonds. The molecule has 1 rings (SSSR count). The topological polar surface area (TPSA) is 74.3 Å². The Balaban J connectivity index is 0.00000256. The van der Waals surface area contributed by atoms with Gasteiger partial charge in [-0.05, 0) is 24.1 Å². The molecule has 0 aliphatic carbocycles. The van der Waals surface area contributed by atoms with Gasteiger partial charge in [0.15, 0.2) is 0 Å². The first-order chi connectivity index (χ1) is 7.63. The van der Waals surface area contributed by atoms with Gasteiger partial charge >= 0.3 is 0 Å². The third-order valence-corrected chi connectivity index (χ3v) is 2.23. The van der Waals surface area contributed by atoms with Crippen LogP contribution in [0.3, 0.4) is 0 Å². The minimum absolute atomic E-state index is 0. The van der Waals surface area contributed by atoms with Crippen LogP contribution in [0.15, 0.2) is 29.4 Å². The molecule has 4 nitrogen and oxygen atoms in total. The number of guanidine groups is 1. The molecule has 94 valence electrons. The molecule has 0 fully saturated rings. The van der Waals surface area contributed by atoms with Gasteiger partial charge < -0.3 is 5.73 Å². The number of nitrogens with two attached hydrogens (primary N) is 1. The van der Waals surface area contributed by atoms with Crippen molar-refractivity contribution in [2.24, 2.45) is 10.8 Å². The van der Waals surface area contributed by atoms with Crippen molar-refractivity contribution in [2.45, 2.75) is 19.8 Å². The molecule has 6 heteroatoms. The summed E-state index contributed by atoms with van der Waals surface area (Å²) in [7, 11) is 0. The second-order valence-electron chi connectivity index (χ2n) is 3.34. The van der Waals surface area contributed by atoms with Gasteiger partial charge in [-0.1, -0.05) is 37.1 Å². The van der Waals surface area contributed by atoms with Crippen LogP contribution >= 0.6 is 24.0 Å². The Bertz CT molecular complexity index is 387. The van der Waals surface area contributed by atoms with Crippen molar-refractivity contribution < 1.29 is 0 Å². The van der Waals surface area contributed by atoms with Crippen LogP contribution in [0.25, 0.3) is 0 Å². The van der Waals surface area contributed by atoms with Gasteiger partial charge in [-0.25, -0.2) is 5.43 Å². The predicted octanol–water partition coefficient (Wildman–Crippen LogP) is 2.75. The number of hydrogen-bond acceptors (Lipinski definition) is 2. The zero-order valence-corrected chi connectivity index (χ0v) is 11.1. The van der Waals surface area contributed by atoms with Gasteiger partial charge in [-0.2, -0.15) is 5.10 Å².